The van der Waals surface area contributed by atoms with Crippen LogP contribution in [-0.2, 0) is 0 Å². The molecule has 0 spiro atoms. The highest BCUT2D eigenvalue weighted by atomic mass is 35.5. The van der Waals surface area contributed by atoms with Crippen molar-refractivity contribution in [1.29, 1.82) is 0 Å². The molecule has 0 saturated carbocycles. The van der Waals surface area contributed by atoms with Gasteiger partial charge < -0.3 is 10.0 Å². The van der Waals surface area contributed by atoms with Crippen LogP contribution >= 0.6 is 11.6 Å². The highest BCUT2D eigenvalue weighted by Crippen LogP contribution is 2.27. The summed E-state index contributed by atoms with van der Waals surface area (Å²) in [6.07, 6.45) is 4.05. The van der Waals surface area contributed by atoms with E-state index in [0.29, 0.717) is 5.88 Å². The van der Waals surface area contributed by atoms with E-state index in [9.17, 15) is 5.11 Å². The molecule has 1 aromatic carbocycles. The number of aromatic nitrogens is 1. The number of fused-ring (bicyclic) bond motifs is 1. The monoisotopic (exact) mass is 278 g/mol. The molecule has 102 valence electrons. The number of hydrogen-bond donors (Lipinski definition) is 1. The molecule has 0 atom stereocenters. The number of halogens is 1. The Labute approximate surface area is 118 Å². The van der Waals surface area contributed by atoms with Crippen LogP contribution in [0.2, 0.25) is 0 Å². The number of benzene rings is 1. The Morgan fingerprint density at radius 1 is 1.26 bits per heavy atom. The van der Waals surface area contributed by atoms with Gasteiger partial charge in [-0.05, 0) is 30.0 Å². The minimum absolute atomic E-state index is 0.267. The maximum absolute atomic E-state index is 9.67. The number of aromatic hydroxyl groups is 1. The number of unbranched alkanes of at least 4 members (excludes halogenated alkanes) is 1. The largest absolute Gasteiger partial charge is 0.508 e. The Bertz CT molecular complexity index is 545. The van der Waals surface area contributed by atoms with Crippen LogP contribution in [0.3, 0.4) is 0 Å². The minimum atomic E-state index is 0.267. The molecule has 1 N–H and O–H groups in total. The fourth-order valence-electron chi connectivity index (χ4n) is 2.17. The Kier molecular flexibility index (Phi) is 4.86. The second kappa shape index (κ2) is 6.62. The van der Waals surface area contributed by atoms with E-state index in [1.165, 1.54) is 0 Å². The molecule has 3 nitrogen and oxygen atoms in total. The summed E-state index contributed by atoms with van der Waals surface area (Å²) in [7, 11) is 0. The smallest absolute Gasteiger partial charge is 0.136 e. The number of hydrogen-bond acceptors (Lipinski definition) is 3. The standard InChI is InChI=1S/C15H19ClN2O/c1-2-3-9-18(10-7-16)15-14-11-13(19)5-4-12(14)6-8-17-15/h4-6,8,11,19H,2-3,7,9-10H2,1H3. The number of anilines is 1. The maximum atomic E-state index is 9.67. The normalized spacial score (nSPS) is 10.8. The number of alkyl halides is 1. The van der Waals surface area contributed by atoms with E-state index in [1.54, 1.807) is 12.1 Å². The van der Waals surface area contributed by atoms with Gasteiger partial charge in [0, 0.05) is 30.6 Å². The molecule has 0 amide bonds. The number of phenolic OH excluding ortho intramolecular Hbond substituents is 1. The molecular weight excluding hydrogens is 260 g/mol. The lowest BCUT2D eigenvalue weighted by Gasteiger charge is -2.24. The van der Waals surface area contributed by atoms with Crippen LogP contribution < -0.4 is 4.90 Å². The molecule has 0 aliphatic heterocycles. The average Bonchev–Trinajstić information content (AvgIpc) is 2.43. The molecule has 0 bridgehead atoms. The van der Waals surface area contributed by atoms with Crippen molar-refractivity contribution in [2.24, 2.45) is 0 Å². The van der Waals surface area contributed by atoms with Crippen molar-refractivity contribution in [3.8, 4) is 5.75 Å². The molecule has 4 heteroatoms. The Hall–Kier alpha value is -1.48. The molecule has 1 heterocycles. The SMILES string of the molecule is CCCCN(CCCl)c1nccc2ccc(O)cc12. The van der Waals surface area contributed by atoms with Gasteiger partial charge in [0.1, 0.15) is 11.6 Å². The highest BCUT2D eigenvalue weighted by Gasteiger charge is 2.11. The van der Waals surface area contributed by atoms with Crippen LogP contribution in [0, 0.1) is 0 Å². The fourth-order valence-corrected chi connectivity index (χ4v) is 2.37. The van der Waals surface area contributed by atoms with Crippen LogP contribution in [0.1, 0.15) is 19.8 Å². The zero-order chi connectivity index (χ0) is 13.7. The van der Waals surface area contributed by atoms with Crippen molar-refractivity contribution in [2.75, 3.05) is 23.9 Å². The molecule has 0 aliphatic carbocycles. The molecular formula is C15H19ClN2O. The maximum Gasteiger partial charge on any atom is 0.136 e. The lowest BCUT2D eigenvalue weighted by Crippen LogP contribution is -2.27. The van der Waals surface area contributed by atoms with Gasteiger partial charge in [-0.1, -0.05) is 19.4 Å². The zero-order valence-electron chi connectivity index (χ0n) is 11.1. The summed E-state index contributed by atoms with van der Waals surface area (Å²) in [5, 5.41) is 11.7. The van der Waals surface area contributed by atoms with E-state index in [1.807, 2.05) is 18.3 Å². The summed E-state index contributed by atoms with van der Waals surface area (Å²) in [5.74, 6) is 1.74. The Morgan fingerprint density at radius 2 is 2.11 bits per heavy atom. The number of rotatable bonds is 6. The molecule has 0 fully saturated rings. The fraction of sp³-hybridized carbons (Fsp3) is 0.400. The summed E-state index contributed by atoms with van der Waals surface area (Å²) in [5.41, 5.74) is 0. The molecule has 0 saturated heterocycles. The van der Waals surface area contributed by atoms with E-state index < -0.39 is 0 Å². The van der Waals surface area contributed by atoms with Gasteiger partial charge in [0.25, 0.3) is 0 Å². The highest BCUT2D eigenvalue weighted by molar-refractivity contribution is 6.18. The first kappa shape index (κ1) is 13.9. The molecule has 0 unspecified atom stereocenters. The van der Waals surface area contributed by atoms with E-state index in [0.717, 1.165) is 42.5 Å². The second-order valence-corrected chi connectivity index (χ2v) is 4.95. The molecule has 2 aromatic rings. The van der Waals surface area contributed by atoms with Crippen molar-refractivity contribution < 1.29 is 5.11 Å². The van der Waals surface area contributed by atoms with E-state index >= 15 is 0 Å². The predicted octanol–water partition coefficient (Wildman–Crippen LogP) is 3.79. The second-order valence-electron chi connectivity index (χ2n) is 4.57. The summed E-state index contributed by atoms with van der Waals surface area (Å²) >= 11 is 5.89. The van der Waals surface area contributed by atoms with Crippen molar-refractivity contribution >= 4 is 28.2 Å². The van der Waals surface area contributed by atoms with Gasteiger partial charge in [-0.15, -0.1) is 11.6 Å². The summed E-state index contributed by atoms with van der Waals surface area (Å²) in [6, 6.07) is 7.33. The quantitative estimate of drug-likeness (QED) is 0.817. The van der Waals surface area contributed by atoms with Gasteiger partial charge in [-0.3, -0.25) is 0 Å². The van der Waals surface area contributed by atoms with E-state index in [4.69, 9.17) is 11.6 Å². The summed E-state index contributed by atoms with van der Waals surface area (Å²) in [6.45, 7) is 3.87. The number of nitrogens with zero attached hydrogens (tertiary/aromatic N) is 2. The summed E-state index contributed by atoms with van der Waals surface area (Å²) < 4.78 is 0. The van der Waals surface area contributed by atoms with Gasteiger partial charge >= 0.3 is 0 Å². The van der Waals surface area contributed by atoms with Crippen LogP contribution in [0.4, 0.5) is 5.82 Å². The molecule has 19 heavy (non-hydrogen) atoms. The lowest BCUT2D eigenvalue weighted by molar-refractivity contribution is 0.476. The summed E-state index contributed by atoms with van der Waals surface area (Å²) in [4.78, 5) is 6.67. The lowest BCUT2D eigenvalue weighted by atomic mass is 10.1. The van der Waals surface area contributed by atoms with E-state index in [2.05, 4.69) is 16.8 Å². The van der Waals surface area contributed by atoms with Gasteiger partial charge in [-0.25, -0.2) is 4.98 Å². The van der Waals surface area contributed by atoms with Gasteiger partial charge in [0.2, 0.25) is 0 Å². The average molecular weight is 279 g/mol. The molecule has 2 rings (SSSR count). The van der Waals surface area contributed by atoms with Crippen LogP contribution in [0.15, 0.2) is 30.5 Å². The topological polar surface area (TPSA) is 36.4 Å². The third kappa shape index (κ3) is 3.29. The molecule has 0 aliphatic rings. The number of phenols is 1. The van der Waals surface area contributed by atoms with Crippen molar-refractivity contribution in [1.82, 2.24) is 4.98 Å². The number of pyridine rings is 1. The first-order valence-corrected chi connectivity index (χ1v) is 7.18. The Morgan fingerprint density at radius 3 is 2.84 bits per heavy atom. The van der Waals surface area contributed by atoms with Crippen molar-refractivity contribution in [3.63, 3.8) is 0 Å². The first-order chi connectivity index (χ1) is 9.26. The molecule has 0 radical (unpaired) electrons. The van der Waals surface area contributed by atoms with Crippen molar-refractivity contribution in [3.05, 3.63) is 30.5 Å². The Balaban J connectivity index is 2.42. The van der Waals surface area contributed by atoms with Crippen LogP contribution in [0.5, 0.6) is 5.75 Å². The third-order valence-corrected chi connectivity index (χ3v) is 3.33. The zero-order valence-corrected chi connectivity index (χ0v) is 11.9. The minimum Gasteiger partial charge on any atom is -0.508 e. The van der Waals surface area contributed by atoms with Crippen LogP contribution in [0.25, 0.3) is 10.8 Å². The predicted molar refractivity (Wildman–Crippen MR) is 81.2 cm³/mol. The molecule has 1 aromatic heterocycles. The third-order valence-electron chi connectivity index (χ3n) is 3.16. The first-order valence-electron chi connectivity index (χ1n) is 6.65. The van der Waals surface area contributed by atoms with Crippen LogP contribution in [-0.4, -0.2) is 29.1 Å². The van der Waals surface area contributed by atoms with Gasteiger partial charge in [0.05, 0.1) is 0 Å². The van der Waals surface area contributed by atoms with Gasteiger partial charge in [-0.2, -0.15) is 0 Å². The van der Waals surface area contributed by atoms with Gasteiger partial charge in [0.15, 0.2) is 0 Å². The van der Waals surface area contributed by atoms with Crippen molar-refractivity contribution in [2.45, 2.75) is 19.8 Å². The van der Waals surface area contributed by atoms with E-state index in [-0.39, 0.29) is 5.75 Å².